The molecule has 4 aromatic carbocycles. The fraction of sp³-hybridized carbons (Fsp3) is 0.188. The average molecular weight is 506 g/mol. The van der Waals surface area contributed by atoms with Crippen LogP contribution < -0.4 is 10.6 Å². The zero-order valence-corrected chi connectivity index (χ0v) is 21.3. The van der Waals surface area contributed by atoms with Crippen LogP contribution in [0.15, 0.2) is 109 Å². The highest BCUT2D eigenvalue weighted by Crippen LogP contribution is 2.34. The van der Waals surface area contributed by atoms with Crippen molar-refractivity contribution in [2.45, 2.75) is 18.6 Å². The number of ether oxygens (including phenoxy) is 1. The molecule has 5 rings (SSSR count). The second-order valence-corrected chi connectivity index (χ2v) is 9.28. The molecule has 0 aliphatic carbocycles. The number of fused-ring (bicyclic) bond motifs is 1. The third-order valence-electron chi connectivity index (χ3n) is 6.80. The summed E-state index contributed by atoms with van der Waals surface area (Å²) in [5.41, 5.74) is 5.09. The number of amides is 2. The molecule has 4 aromatic rings. The van der Waals surface area contributed by atoms with Crippen LogP contribution in [0.5, 0.6) is 0 Å². The number of nitrogens with zero attached hydrogens (tertiary/aromatic N) is 1. The van der Waals surface area contributed by atoms with Gasteiger partial charge >= 0.3 is 0 Å². The maximum absolute atomic E-state index is 13.3. The van der Waals surface area contributed by atoms with Gasteiger partial charge in [-0.1, -0.05) is 78.9 Å². The lowest BCUT2D eigenvalue weighted by Crippen LogP contribution is -2.33. The Balaban J connectivity index is 1.32. The van der Waals surface area contributed by atoms with Crippen LogP contribution in [0.2, 0.25) is 0 Å². The van der Waals surface area contributed by atoms with E-state index < -0.39 is 0 Å². The minimum atomic E-state index is -0.282. The fourth-order valence-corrected chi connectivity index (χ4v) is 4.88. The number of nitrogens with one attached hydrogen (secondary N) is 2. The van der Waals surface area contributed by atoms with Gasteiger partial charge in [-0.3, -0.25) is 9.59 Å². The van der Waals surface area contributed by atoms with E-state index in [-0.39, 0.29) is 24.0 Å². The quantitative estimate of drug-likeness (QED) is 0.267. The van der Waals surface area contributed by atoms with Crippen LogP contribution in [0.3, 0.4) is 0 Å². The lowest BCUT2D eigenvalue weighted by molar-refractivity contribution is 0.0721. The van der Waals surface area contributed by atoms with Crippen molar-refractivity contribution in [2.75, 3.05) is 25.6 Å². The number of methoxy groups -OCH3 is 1. The molecule has 0 spiro atoms. The molecule has 2 N–H and O–H groups in total. The van der Waals surface area contributed by atoms with E-state index in [0.717, 1.165) is 28.8 Å². The van der Waals surface area contributed by atoms with E-state index in [2.05, 4.69) is 10.6 Å². The topological polar surface area (TPSA) is 70.7 Å². The molecule has 1 aliphatic heterocycles. The summed E-state index contributed by atoms with van der Waals surface area (Å²) in [5, 5.41) is 6.68. The van der Waals surface area contributed by atoms with E-state index in [0.29, 0.717) is 24.3 Å². The van der Waals surface area contributed by atoms with E-state index in [1.165, 1.54) is 0 Å². The zero-order chi connectivity index (χ0) is 26.3. The molecule has 1 heterocycles. The Morgan fingerprint density at radius 2 is 1.45 bits per heavy atom. The van der Waals surface area contributed by atoms with Crippen LogP contribution in [-0.2, 0) is 4.74 Å². The molecule has 1 unspecified atom stereocenters. The smallest absolute Gasteiger partial charge is 0.256 e. The highest BCUT2D eigenvalue weighted by molar-refractivity contribution is 5.99. The van der Waals surface area contributed by atoms with Gasteiger partial charge in [0.25, 0.3) is 11.8 Å². The molecule has 1 aliphatic rings. The maximum atomic E-state index is 13.3. The van der Waals surface area contributed by atoms with Gasteiger partial charge in [-0.15, -0.1) is 0 Å². The summed E-state index contributed by atoms with van der Waals surface area (Å²) in [6.07, 6.45) is 0.466. The molecule has 0 saturated heterocycles. The lowest BCUT2D eigenvalue weighted by atomic mass is 9.98. The molecule has 38 heavy (non-hydrogen) atoms. The highest BCUT2D eigenvalue weighted by Gasteiger charge is 2.36. The van der Waals surface area contributed by atoms with Gasteiger partial charge in [0.1, 0.15) is 6.17 Å². The predicted octanol–water partition coefficient (Wildman–Crippen LogP) is 5.81. The molecule has 6 nitrogen and oxygen atoms in total. The largest absolute Gasteiger partial charge is 0.385 e. The standard InChI is InChI=1S/C32H31N3O3/c1-38-22-10-21-35-30(27-15-8-9-16-28(27)32(35)37)33-26-19-17-25(18-20-26)31(36)34-29(23-11-4-2-5-12-23)24-13-6-3-7-14-24/h2-9,11-20,29-30,33H,10,21-22H2,1H3,(H,34,36). The number of carbonyl (C=O) groups is 2. The van der Waals surface area contributed by atoms with E-state index >= 15 is 0 Å². The van der Waals surface area contributed by atoms with Gasteiger partial charge in [0.2, 0.25) is 0 Å². The van der Waals surface area contributed by atoms with Crippen molar-refractivity contribution in [2.24, 2.45) is 0 Å². The number of rotatable bonds is 10. The zero-order valence-electron chi connectivity index (χ0n) is 21.3. The Kier molecular flexibility index (Phi) is 7.81. The van der Waals surface area contributed by atoms with Crippen molar-refractivity contribution < 1.29 is 14.3 Å². The minimum Gasteiger partial charge on any atom is -0.385 e. The first-order valence-corrected chi connectivity index (χ1v) is 12.8. The van der Waals surface area contributed by atoms with Crippen LogP contribution in [-0.4, -0.2) is 37.0 Å². The van der Waals surface area contributed by atoms with Gasteiger partial charge < -0.3 is 20.3 Å². The number of hydrogen-bond acceptors (Lipinski definition) is 4. The Morgan fingerprint density at radius 1 is 0.842 bits per heavy atom. The lowest BCUT2D eigenvalue weighted by Gasteiger charge is -2.27. The summed E-state index contributed by atoms with van der Waals surface area (Å²) < 4.78 is 5.19. The van der Waals surface area contributed by atoms with E-state index in [9.17, 15) is 9.59 Å². The summed E-state index contributed by atoms with van der Waals surface area (Å²) in [6, 6.07) is 34.7. The summed E-state index contributed by atoms with van der Waals surface area (Å²) in [5.74, 6) is -0.144. The van der Waals surface area contributed by atoms with Gasteiger partial charge in [-0.25, -0.2) is 0 Å². The fourth-order valence-electron chi connectivity index (χ4n) is 4.88. The van der Waals surface area contributed by atoms with Crippen LogP contribution in [0.4, 0.5) is 5.69 Å². The summed E-state index contributed by atoms with van der Waals surface area (Å²) >= 11 is 0. The molecule has 6 heteroatoms. The van der Waals surface area contributed by atoms with Gasteiger partial charge in [-0.2, -0.15) is 0 Å². The number of carbonyl (C=O) groups excluding carboxylic acids is 2. The first-order chi connectivity index (χ1) is 18.7. The molecular formula is C32H31N3O3. The molecule has 0 fully saturated rings. The second-order valence-electron chi connectivity index (χ2n) is 9.28. The summed E-state index contributed by atoms with van der Waals surface area (Å²) in [6.45, 7) is 1.17. The third kappa shape index (κ3) is 5.45. The van der Waals surface area contributed by atoms with Crippen LogP contribution >= 0.6 is 0 Å². The molecule has 2 amide bonds. The van der Waals surface area contributed by atoms with Crippen LogP contribution in [0.1, 0.15) is 56.0 Å². The molecule has 192 valence electrons. The average Bonchev–Trinajstić information content (AvgIpc) is 3.23. The molecule has 0 saturated carbocycles. The third-order valence-corrected chi connectivity index (χ3v) is 6.80. The molecule has 0 radical (unpaired) electrons. The number of anilines is 1. The van der Waals surface area contributed by atoms with Crippen molar-refractivity contribution in [3.05, 3.63) is 137 Å². The van der Waals surface area contributed by atoms with Crippen molar-refractivity contribution >= 4 is 17.5 Å². The Labute approximate surface area is 223 Å². The van der Waals surface area contributed by atoms with Crippen molar-refractivity contribution in [3.8, 4) is 0 Å². The summed E-state index contributed by atoms with van der Waals surface area (Å²) in [4.78, 5) is 28.2. The van der Waals surface area contributed by atoms with Crippen LogP contribution in [0, 0.1) is 0 Å². The van der Waals surface area contributed by atoms with Gasteiger partial charge in [0, 0.05) is 42.6 Å². The second kappa shape index (κ2) is 11.8. The first-order valence-electron chi connectivity index (χ1n) is 12.8. The first kappa shape index (κ1) is 25.2. The maximum Gasteiger partial charge on any atom is 0.256 e. The highest BCUT2D eigenvalue weighted by atomic mass is 16.5. The van der Waals surface area contributed by atoms with Gasteiger partial charge in [-0.05, 0) is 47.9 Å². The van der Waals surface area contributed by atoms with Gasteiger partial charge in [0.05, 0.1) is 6.04 Å². The number of hydrogen-bond donors (Lipinski definition) is 2. The van der Waals surface area contributed by atoms with Crippen molar-refractivity contribution in [1.82, 2.24) is 10.2 Å². The SMILES string of the molecule is COCCCN1C(=O)c2ccccc2C1Nc1ccc(C(=O)NC(c2ccccc2)c2ccccc2)cc1. The molecule has 0 bridgehead atoms. The van der Waals surface area contributed by atoms with Gasteiger partial charge in [0.15, 0.2) is 0 Å². The Bertz CT molecular complexity index is 1330. The molecular weight excluding hydrogens is 474 g/mol. The van der Waals surface area contributed by atoms with Crippen LogP contribution in [0.25, 0.3) is 0 Å². The molecule has 0 aromatic heterocycles. The van der Waals surface area contributed by atoms with E-state index in [1.807, 2.05) is 114 Å². The van der Waals surface area contributed by atoms with Crippen molar-refractivity contribution in [1.29, 1.82) is 0 Å². The normalized spacial score (nSPS) is 14.4. The minimum absolute atomic E-state index is 0.0121. The Morgan fingerprint density at radius 3 is 2.08 bits per heavy atom. The monoisotopic (exact) mass is 505 g/mol. The molecule has 1 atom stereocenters. The van der Waals surface area contributed by atoms with E-state index in [1.54, 1.807) is 7.11 Å². The van der Waals surface area contributed by atoms with E-state index in [4.69, 9.17) is 4.74 Å². The Hall–Kier alpha value is -4.42. The summed E-state index contributed by atoms with van der Waals surface area (Å²) in [7, 11) is 1.66. The predicted molar refractivity (Wildman–Crippen MR) is 149 cm³/mol. The number of benzene rings is 4. The van der Waals surface area contributed by atoms with Crippen molar-refractivity contribution in [3.63, 3.8) is 0 Å².